The molecule has 110 valence electrons. The van der Waals surface area contributed by atoms with Gasteiger partial charge in [-0.2, -0.15) is 0 Å². The van der Waals surface area contributed by atoms with Gasteiger partial charge in [0.1, 0.15) is 0 Å². The Balaban J connectivity index is 2.35. The van der Waals surface area contributed by atoms with Crippen molar-refractivity contribution in [3.63, 3.8) is 0 Å². The summed E-state index contributed by atoms with van der Waals surface area (Å²) in [5, 5.41) is 9.12. The standard InChI is InChI=1S/C16H23NO3/c1-3-14-6-4-5-9-17(14)15-8-7-12(16(18)19)10-13(15)11-20-2/h7-8,10,14H,3-6,9,11H2,1-2H3,(H,18,19)/t14-/m1/s1. The van der Waals surface area contributed by atoms with Gasteiger partial charge in [-0.25, -0.2) is 4.79 Å². The third kappa shape index (κ3) is 3.12. The second-order valence-electron chi connectivity index (χ2n) is 5.33. The maximum absolute atomic E-state index is 11.1. The molecular weight excluding hydrogens is 254 g/mol. The summed E-state index contributed by atoms with van der Waals surface area (Å²) < 4.78 is 5.24. The molecule has 1 fully saturated rings. The molecule has 0 amide bonds. The molecule has 0 aliphatic carbocycles. The molecule has 1 N–H and O–H groups in total. The van der Waals surface area contributed by atoms with Gasteiger partial charge in [0.25, 0.3) is 0 Å². The summed E-state index contributed by atoms with van der Waals surface area (Å²) in [5.74, 6) is -0.889. The number of rotatable bonds is 5. The number of hydrogen-bond donors (Lipinski definition) is 1. The lowest BCUT2D eigenvalue weighted by Crippen LogP contribution is -2.39. The summed E-state index contributed by atoms with van der Waals surface area (Å²) >= 11 is 0. The van der Waals surface area contributed by atoms with Crippen molar-refractivity contribution in [2.75, 3.05) is 18.6 Å². The van der Waals surface area contributed by atoms with Gasteiger partial charge in [-0.1, -0.05) is 6.92 Å². The lowest BCUT2D eigenvalue weighted by atomic mass is 9.97. The van der Waals surface area contributed by atoms with Gasteiger partial charge in [0.15, 0.2) is 0 Å². The Hall–Kier alpha value is -1.55. The molecule has 0 unspecified atom stereocenters. The van der Waals surface area contributed by atoms with E-state index in [1.165, 1.54) is 19.3 Å². The summed E-state index contributed by atoms with van der Waals surface area (Å²) in [6.45, 7) is 3.70. The minimum Gasteiger partial charge on any atom is -0.478 e. The summed E-state index contributed by atoms with van der Waals surface area (Å²) in [5.41, 5.74) is 2.42. The largest absolute Gasteiger partial charge is 0.478 e. The molecule has 20 heavy (non-hydrogen) atoms. The predicted molar refractivity (Wildman–Crippen MR) is 79.4 cm³/mol. The number of hydrogen-bond acceptors (Lipinski definition) is 3. The Kier molecular flexibility index (Phi) is 5.01. The number of carboxylic acids is 1. The van der Waals surface area contributed by atoms with Crippen molar-refractivity contribution >= 4 is 11.7 Å². The molecule has 2 rings (SSSR count). The maximum Gasteiger partial charge on any atom is 0.335 e. The van der Waals surface area contributed by atoms with E-state index in [2.05, 4.69) is 11.8 Å². The van der Waals surface area contributed by atoms with Crippen LogP contribution in [0.3, 0.4) is 0 Å². The molecular formula is C16H23NO3. The fourth-order valence-corrected chi connectivity index (χ4v) is 3.01. The average Bonchev–Trinajstić information content (AvgIpc) is 2.47. The molecule has 4 heteroatoms. The first kappa shape index (κ1) is 14.9. The van der Waals surface area contributed by atoms with Crippen LogP contribution in [-0.4, -0.2) is 30.8 Å². The first-order valence-corrected chi connectivity index (χ1v) is 7.29. The van der Waals surface area contributed by atoms with Crippen molar-refractivity contribution in [1.82, 2.24) is 0 Å². The zero-order valence-electron chi connectivity index (χ0n) is 12.3. The highest BCUT2D eigenvalue weighted by molar-refractivity contribution is 5.88. The van der Waals surface area contributed by atoms with E-state index >= 15 is 0 Å². The fourth-order valence-electron chi connectivity index (χ4n) is 3.01. The van der Waals surface area contributed by atoms with Crippen molar-refractivity contribution < 1.29 is 14.6 Å². The van der Waals surface area contributed by atoms with E-state index < -0.39 is 5.97 Å². The van der Waals surface area contributed by atoms with Crippen LogP contribution >= 0.6 is 0 Å². The smallest absolute Gasteiger partial charge is 0.335 e. The molecule has 0 bridgehead atoms. The molecule has 0 aromatic heterocycles. The van der Waals surface area contributed by atoms with Crippen LogP contribution in [0.2, 0.25) is 0 Å². The molecule has 1 aromatic rings. The van der Waals surface area contributed by atoms with Crippen molar-refractivity contribution in [1.29, 1.82) is 0 Å². The van der Waals surface area contributed by atoms with Crippen LogP contribution in [0, 0.1) is 0 Å². The van der Waals surface area contributed by atoms with Gasteiger partial charge in [0.2, 0.25) is 0 Å². The number of benzene rings is 1. The van der Waals surface area contributed by atoms with Gasteiger partial charge in [-0.3, -0.25) is 0 Å². The Labute approximate surface area is 120 Å². The average molecular weight is 277 g/mol. The van der Waals surface area contributed by atoms with Gasteiger partial charge in [-0.05, 0) is 43.9 Å². The normalized spacial score (nSPS) is 19.1. The van der Waals surface area contributed by atoms with E-state index in [0.29, 0.717) is 18.2 Å². The molecule has 1 aliphatic heterocycles. The summed E-state index contributed by atoms with van der Waals surface area (Å²) in [6, 6.07) is 5.92. The summed E-state index contributed by atoms with van der Waals surface area (Å²) in [4.78, 5) is 13.5. The van der Waals surface area contributed by atoms with Crippen molar-refractivity contribution in [2.45, 2.75) is 45.3 Å². The van der Waals surface area contributed by atoms with E-state index in [1.54, 1.807) is 19.2 Å². The molecule has 1 aliphatic rings. The van der Waals surface area contributed by atoms with Crippen LogP contribution in [0.5, 0.6) is 0 Å². The van der Waals surface area contributed by atoms with Gasteiger partial charge >= 0.3 is 5.97 Å². The lowest BCUT2D eigenvalue weighted by molar-refractivity contribution is 0.0696. The second-order valence-corrected chi connectivity index (χ2v) is 5.33. The van der Waals surface area contributed by atoms with Crippen molar-refractivity contribution in [3.05, 3.63) is 29.3 Å². The first-order chi connectivity index (χ1) is 9.67. The Morgan fingerprint density at radius 2 is 2.25 bits per heavy atom. The minimum absolute atomic E-state index is 0.325. The van der Waals surface area contributed by atoms with E-state index in [0.717, 1.165) is 24.2 Å². The minimum atomic E-state index is -0.889. The fraction of sp³-hybridized carbons (Fsp3) is 0.562. The quantitative estimate of drug-likeness (QED) is 0.897. The number of anilines is 1. The molecule has 0 saturated carbocycles. The number of piperidine rings is 1. The van der Waals surface area contributed by atoms with Crippen LogP contribution in [0.4, 0.5) is 5.69 Å². The third-order valence-corrected chi connectivity index (χ3v) is 4.03. The van der Waals surface area contributed by atoms with Crippen LogP contribution < -0.4 is 4.90 Å². The third-order valence-electron chi connectivity index (χ3n) is 4.03. The van der Waals surface area contributed by atoms with E-state index in [9.17, 15) is 4.79 Å². The highest BCUT2D eigenvalue weighted by Gasteiger charge is 2.23. The Bertz CT molecular complexity index is 473. The molecule has 1 heterocycles. The molecule has 4 nitrogen and oxygen atoms in total. The van der Waals surface area contributed by atoms with Crippen molar-refractivity contribution in [2.24, 2.45) is 0 Å². The maximum atomic E-state index is 11.1. The van der Waals surface area contributed by atoms with Crippen molar-refractivity contribution in [3.8, 4) is 0 Å². The molecule has 0 spiro atoms. The lowest BCUT2D eigenvalue weighted by Gasteiger charge is -2.38. The van der Waals surface area contributed by atoms with Crippen LogP contribution in [0.25, 0.3) is 0 Å². The number of nitrogens with zero attached hydrogens (tertiary/aromatic N) is 1. The zero-order chi connectivity index (χ0) is 14.5. The Morgan fingerprint density at radius 3 is 2.90 bits per heavy atom. The van der Waals surface area contributed by atoms with E-state index in [4.69, 9.17) is 9.84 Å². The topological polar surface area (TPSA) is 49.8 Å². The van der Waals surface area contributed by atoms with Crippen LogP contribution in [-0.2, 0) is 11.3 Å². The first-order valence-electron chi connectivity index (χ1n) is 7.29. The van der Waals surface area contributed by atoms with Gasteiger partial charge in [-0.15, -0.1) is 0 Å². The zero-order valence-corrected chi connectivity index (χ0v) is 12.3. The van der Waals surface area contributed by atoms with Gasteiger partial charge < -0.3 is 14.7 Å². The number of aromatic carboxylic acids is 1. The molecule has 1 atom stereocenters. The number of carbonyl (C=O) groups is 1. The van der Waals surface area contributed by atoms with E-state index in [1.807, 2.05) is 6.07 Å². The van der Waals surface area contributed by atoms with E-state index in [-0.39, 0.29) is 0 Å². The second kappa shape index (κ2) is 6.75. The SMILES string of the molecule is CC[C@@H]1CCCCN1c1ccc(C(=O)O)cc1COC. The molecule has 1 aromatic carbocycles. The van der Waals surface area contributed by atoms with Gasteiger partial charge in [0, 0.05) is 30.9 Å². The predicted octanol–water partition coefficient (Wildman–Crippen LogP) is 3.30. The summed E-state index contributed by atoms with van der Waals surface area (Å²) in [7, 11) is 1.64. The van der Waals surface area contributed by atoms with Gasteiger partial charge in [0.05, 0.1) is 12.2 Å². The Morgan fingerprint density at radius 1 is 1.45 bits per heavy atom. The van der Waals surface area contributed by atoms with Crippen LogP contribution in [0.15, 0.2) is 18.2 Å². The number of methoxy groups -OCH3 is 1. The number of ether oxygens (including phenoxy) is 1. The monoisotopic (exact) mass is 277 g/mol. The molecule has 0 radical (unpaired) electrons. The molecule has 1 saturated heterocycles. The highest BCUT2D eigenvalue weighted by Crippen LogP contribution is 2.30. The van der Waals surface area contributed by atoms with Crippen LogP contribution in [0.1, 0.15) is 48.5 Å². The summed E-state index contributed by atoms with van der Waals surface area (Å²) in [6.07, 6.45) is 4.81. The number of carboxylic acid groups (broad SMARTS) is 1. The highest BCUT2D eigenvalue weighted by atomic mass is 16.5.